The second-order valence-corrected chi connectivity index (χ2v) is 10.8. The van der Waals surface area contributed by atoms with Gasteiger partial charge in [-0.05, 0) is 48.5 Å². The van der Waals surface area contributed by atoms with Crippen LogP contribution in [0.15, 0.2) is 60.7 Å². The predicted molar refractivity (Wildman–Crippen MR) is 150 cm³/mol. The van der Waals surface area contributed by atoms with Crippen LogP contribution in [0, 0.1) is 0 Å². The number of thiophene rings is 1. The molecule has 1 unspecified atom stereocenters. The summed E-state index contributed by atoms with van der Waals surface area (Å²) in [6.07, 6.45) is -1.90. The highest BCUT2D eigenvalue weighted by Crippen LogP contribution is 2.27. The lowest BCUT2D eigenvalue weighted by atomic mass is 10.1. The van der Waals surface area contributed by atoms with E-state index < -0.39 is 30.0 Å². The summed E-state index contributed by atoms with van der Waals surface area (Å²) in [4.78, 5) is 68.3. The van der Waals surface area contributed by atoms with Crippen LogP contribution in [0.3, 0.4) is 0 Å². The van der Waals surface area contributed by atoms with Crippen LogP contribution >= 0.6 is 22.9 Å². The number of amides is 4. The number of fused-ring (bicyclic) bond motifs is 1. The number of methoxy groups -OCH3 is 1. The first kappa shape index (κ1) is 28.3. The van der Waals surface area contributed by atoms with Gasteiger partial charge in [0.1, 0.15) is 17.6 Å². The van der Waals surface area contributed by atoms with Gasteiger partial charge in [0.15, 0.2) is 0 Å². The molecule has 0 bridgehead atoms. The third-order valence-electron chi connectivity index (χ3n) is 6.55. The molecule has 13 heteroatoms. The summed E-state index contributed by atoms with van der Waals surface area (Å²) in [5.74, 6) is -1.98. The lowest BCUT2D eigenvalue weighted by Crippen LogP contribution is -2.46. The molecule has 2 aliphatic rings. The molecular formula is C28H24ClN3O8S. The van der Waals surface area contributed by atoms with Crippen LogP contribution in [-0.2, 0) is 19.0 Å². The van der Waals surface area contributed by atoms with Gasteiger partial charge in [-0.2, -0.15) is 0 Å². The van der Waals surface area contributed by atoms with Crippen molar-refractivity contribution in [2.45, 2.75) is 6.10 Å². The van der Waals surface area contributed by atoms with E-state index >= 15 is 0 Å². The topological polar surface area (TPSA) is 123 Å². The fourth-order valence-corrected chi connectivity index (χ4v) is 5.50. The van der Waals surface area contributed by atoms with Crippen molar-refractivity contribution in [2.24, 2.45) is 0 Å². The molecule has 0 radical (unpaired) electrons. The Bertz CT molecular complexity index is 1470. The standard InChI is InChI=1S/C28H24ClN3O8S/c1-38-28(37)31(18-8-6-17(7-9-18)30-12-13-39-16-24(30)33)14-19(40-27(36)22-10-11-23(29)41-22)15-32-25(34)20-4-2-3-5-21(20)26(32)35/h2-11,19H,12-16H2,1H3. The number of hydrogen-bond acceptors (Lipinski definition) is 9. The number of carbonyl (C=O) groups is 5. The number of hydrogen-bond donors (Lipinski definition) is 0. The van der Waals surface area contributed by atoms with E-state index in [-0.39, 0.29) is 41.6 Å². The van der Waals surface area contributed by atoms with Crippen LogP contribution in [0.2, 0.25) is 4.34 Å². The molecule has 5 rings (SSSR count). The highest BCUT2D eigenvalue weighted by molar-refractivity contribution is 7.17. The van der Waals surface area contributed by atoms with E-state index in [4.69, 9.17) is 25.8 Å². The third kappa shape index (κ3) is 5.94. The maximum Gasteiger partial charge on any atom is 0.414 e. The Morgan fingerprint density at radius 2 is 1.71 bits per heavy atom. The van der Waals surface area contributed by atoms with E-state index in [2.05, 4.69) is 0 Å². The predicted octanol–water partition coefficient (Wildman–Crippen LogP) is 3.86. The lowest BCUT2D eigenvalue weighted by molar-refractivity contribution is -0.125. The molecule has 3 heterocycles. The number of morpholine rings is 1. The fraction of sp³-hybridized carbons (Fsp3) is 0.250. The number of imide groups is 1. The quantitative estimate of drug-likeness (QED) is 0.283. The molecule has 0 spiro atoms. The van der Waals surface area contributed by atoms with Gasteiger partial charge in [0.05, 0.1) is 42.3 Å². The van der Waals surface area contributed by atoms with Gasteiger partial charge in [-0.25, -0.2) is 9.59 Å². The molecule has 212 valence electrons. The van der Waals surface area contributed by atoms with Crippen molar-refractivity contribution in [1.82, 2.24) is 4.90 Å². The molecule has 1 aromatic heterocycles. The van der Waals surface area contributed by atoms with Crippen molar-refractivity contribution in [3.8, 4) is 0 Å². The van der Waals surface area contributed by atoms with E-state index in [1.165, 1.54) is 18.1 Å². The van der Waals surface area contributed by atoms with Crippen molar-refractivity contribution >= 4 is 64.1 Å². The summed E-state index contributed by atoms with van der Waals surface area (Å²) in [6.45, 7) is 0.216. The van der Waals surface area contributed by atoms with Crippen molar-refractivity contribution in [3.05, 3.63) is 81.0 Å². The lowest BCUT2D eigenvalue weighted by Gasteiger charge is -2.30. The minimum absolute atomic E-state index is 0.0175. The van der Waals surface area contributed by atoms with Gasteiger partial charge in [0, 0.05) is 17.9 Å². The van der Waals surface area contributed by atoms with Crippen LogP contribution in [0.4, 0.5) is 16.2 Å². The molecule has 1 atom stereocenters. The second-order valence-electron chi connectivity index (χ2n) is 9.09. The van der Waals surface area contributed by atoms with Gasteiger partial charge in [0.25, 0.3) is 17.7 Å². The molecule has 2 aromatic carbocycles. The summed E-state index contributed by atoms with van der Waals surface area (Å²) in [6, 6.07) is 16.0. The summed E-state index contributed by atoms with van der Waals surface area (Å²) >= 11 is 6.99. The molecule has 3 aromatic rings. The summed E-state index contributed by atoms with van der Waals surface area (Å²) in [5, 5.41) is 0. The minimum atomic E-state index is -1.13. The first-order valence-electron chi connectivity index (χ1n) is 12.5. The molecule has 1 saturated heterocycles. The van der Waals surface area contributed by atoms with E-state index in [0.717, 1.165) is 16.2 Å². The van der Waals surface area contributed by atoms with Crippen LogP contribution in [0.5, 0.6) is 0 Å². The number of halogens is 1. The Balaban J connectivity index is 1.41. The maximum atomic E-state index is 13.1. The Labute approximate surface area is 243 Å². The molecular weight excluding hydrogens is 574 g/mol. The van der Waals surface area contributed by atoms with Gasteiger partial charge in [-0.15, -0.1) is 11.3 Å². The number of rotatable bonds is 8. The van der Waals surface area contributed by atoms with E-state index in [1.807, 2.05) is 0 Å². The highest BCUT2D eigenvalue weighted by atomic mass is 35.5. The van der Waals surface area contributed by atoms with Crippen LogP contribution < -0.4 is 9.80 Å². The minimum Gasteiger partial charge on any atom is -0.454 e. The molecule has 11 nitrogen and oxygen atoms in total. The number of esters is 1. The average Bonchev–Trinajstić information content (AvgIpc) is 3.53. The fourth-order valence-electron chi connectivity index (χ4n) is 4.58. The van der Waals surface area contributed by atoms with Gasteiger partial charge in [-0.3, -0.25) is 24.2 Å². The normalized spacial score (nSPS) is 15.5. The molecule has 0 saturated carbocycles. The molecule has 2 aliphatic heterocycles. The maximum absolute atomic E-state index is 13.1. The monoisotopic (exact) mass is 597 g/mol. The first-order chi connectivity index (χ1) is 19.8. The van der Waals surface area contributed by atoms with Gasteiger partial charge in [0.2, 0.25) is 0 Å². The van der Waals surface area contributed by atoms with Crippen molar-refractivity contribution in [1.29, 1.82) is 0 Å². The first-order valence-corrected chi connectivity index (χ1v) is 13.7. The zero-order chi connectivity index (χ0) is 29.1. The molecule has 0 N–H and O–H groups in total. The van der Waals surface area contributed by atoms with E-state index in [0.29, 0.717) is 28.9 Å². The number of anilines is 2. The zero-order valence-corrected chi connectivity index (χ0v) is 23.4. The van der Waals surface area contributed by atoms with Crippen molar-refractivity contribution in [2.75, 3.05) is 49.8 Å². The van der Waals surface area contributed by atoms with Gasteiger partial charge in [-0.1, -0.05) is 23.7 Å². The summed E-state index contributed by atoms with van der Waals surface area (Å²) in [5.41, 5.74) is 1.48. The largest absolute Gasteiger partial charge is 0.454 e. The Morgan fingerprint density at radius 3 is 2.29 bits per heavy atom. The smallest absolute Gasteiger partial charge is 0.414 e. The zero-order valence-electron chi connectivity index (χ0n) is 21.8. The summed E-state index contributed by atoms with van der Waals surface area (Å²) in [7, 11) is 1.20. The van der Waals surface area contributed by atoms with Crippen molar-refractivity contribution < 1.29 is 38.2 Å². The second kappa shape index (κ2) is 12.1. The number of carbonyl (C=O) groups excluding carboxylic acids is 5. The van der Waals surface area contributed by atoms with Gasteiger partial charge < -0.3 is 19.1 Å². The SMILES string of the molecule is COC(=O)N(CC(CN1C(=O)c2ccccc2C1=O)OC(=O)c1ccc(Cl)s1)c1ccc(N2CCOCC2=O)cc1. The number of ether oxygens (including phenoxy) is 3. The molecule has 0 aliphatic carbocycles. The van der Waals surface area contributed by atoms with Crippen LogP contribution in [-0.4, -0.2) is 80.7 Å². The third-order valence-corrected chi connectivity index (χ3v) is 7.76. The van der Waals surface area contributed by atoms with E-state index in [9.17, 15) is 24.0 Å². The van der Waals surface area contributed by atoms with Crippen molar-refractivity contribution in [3.63, 3.8) is 0 Å². The average molecular weight is 598 g/mol. The molecule has 41 heavy (non-hydrogen) atoms. The van der Waals surface area contributed by atoms with Crippen LogP contribution in [0.25, 0.3) is 0 Å². The Morgan fingerprint density at radius 1 is 1.02 bits per heavy atom. The highest BCUT2D eigenvalue weighted by Gasteiger charge is 2.38. The van der Waals surface area contributed by atoms with E-state index in [1.54, 1.807) is 59.5 Å². The van der Waals surface area contributed by atoms with Crippen LogP contribution in [0.1, 0.15) is 30.4 Å². The molecule has 4 amide bonds. The Kier molecular flexibility index (Phi) is 8.34. The number of benzene rings is 2. The Hall–Kier alpha value is -4.26. The molecule has 1 fully saturated rings. The number of nitrogens with zero attached hydrogens (tertiary/aromatic N) is 3. The van der Waals surface area contributed by atoms with Gasteiger partial charge >= 0.3 is 12.1 Å². The summed E-state index contributed by atoms with van der Waals surface area (Å²) < 4.78 is 16.3.